The number of hydrogen-bond donors (Lipinski definition) is 0. The molecule has 0 aromatic heterocycles. The molecule has 1 rings (SSSR count). The smallest absolute Gasteiger partial charge is 0.340 e. The van der Waals surface area contributed by atoms with Crippen molar-refractivity contribution in [2.75, 3.05) is 13.2 Å². The lowest BCUT2D eigenvalue weighted by atomic mass is 10.2. The highest BCUT2D eigenvalue weighted by Crippen LogP contribution is 2.12. The van der Waals surface area contributed by atoms with Crippen molar-refractivity contribution in [3.05, 3.63) is 42.5 Å². The lowest BCUT2D eigenvalue weighted by Crippen LogP contribution is -2.29. The first-order valence-electron chi connectivity index (χ1n) is 7.25. The number of hydrogen-bond acceptors (Lipinski definition) is 5. The van der Waals surface area contributed by atoms with Crippen LogP contribution in [-0.4, -0.2) is 31.3 Å². The third-order valence-electron chi connectivity index (χ3n) is 2.78. The molecular formula is C17H22O5. The van der Waals surface area contributed by atoms with Gasteiger partial charge in [-0.1, -0.05) is 24.8 Å². The Morgan fingerprint density at radius 2 is 1.91 bits per heavy atom. The Morgan fingerprint density at radius 1 is 1.23 bits per heavy atom. The van der Waals surface area contributed by atoms with Crippen LogP contribution in [0.5, 0.6) is 5.75 Å². The van der Waals surface area contributed by atoms with Crippen molar-refractivity contribution in [2.24, 2.45) is 0 Å². The van der Waals surface area contributed by atoms with Gasteiger partial charge in [-0.25, -0.2) is 9.59 Å². The van der Waals surface area contributed by atoms with E-state index in [4.69, 9.17) is 14.2 Å². The first-order valence-corrected chi connectivity index (χ1v) is 7.25. The van der Waals surface area contributed by atoms with Crippen LogP contribution in [0.15, 0.2) is 42.5 Å². The van der Waals surface area contributed by atoms with E-state index in [0.29, 0.717) is 30.8 Å². The number of carbonyl (C=O) groups excluding carboxylic acids is 2. The predicted octanol–water partition coefficient (Wildman–Crippen LogP) is 2.90. The molecule has 5 nitrogen and oxygen atoms in total. The van der Waals surface area contributed by atoms with Crippen LogP contribution in [0.1, 0.15) is 26.7 Å². The third kappa shape index (κ3) is 6.54. The van der Waals surface area contributed by atoms with Gasteiger partial charge in [0.1, 0.15) is 5.75 Å². The van der Waals surface area contributed by atoms with Gasteiger partial charge in [0.15, 0.2) is 6.10 Å². The first-order chi connectivity index (χ1) is 10.5. The van der Waals surface area contributed by atoms with Gasteiger partial charge in [0.25, 0.3) is 0 Å². The SMILES string of the molecule is C=C(C)C(=O)OCCCC(OCC)C(=O)Oc1ccccc1. The molecule has 0 fully saturated rings. The van der Waals surface area contributed by atoms with Crippen molar-refractivity contribution in [1.29, 1.82) is 0 Å². The average molecular weight is 306 g/mol. The number of carbonyl (C=O) groups is 2. The van der Waals surface area contributed by atoms with Gasteiger partial charge in [0.05, 0.1) is 6.61 Å². The summed E-state index contributed by atoms with van der Waals surface area (Å²) in [6, 6.07) is 8.82. The zero-order valence-corrected chi connectivity index (χ0v) is 13.0. The maximum atomic E-state index is 12.1. The van der Waals surface area contributed by atoms with Gasteiger partial charge >= 0.3 is 11.9 Å². The Bertz CT molecular complexity index is 495. The number of para-hydroxylation sites is 1. The number of ether oxygens (including phenoxy) is 3. The summed E-state index contributed by atoms with van der Waals surface area (Å²) >= 11 is 0. The summed E-state index contributed by atoms with van der Waals surface area (Å²) in [5.41, 5.74) is 0.352. The molecule has 0 heterocycles. The minimum Gasteiger partial charge on any atom is -0.462 e. The molecule has 0 spiro atoms. The Hall–Kier alpha value is -2.14. The monoisotopic (exact) mass is 306 g/mol. The molecule has 0 saturated heterocycles. The van der Waals surface area contributed by atoms with Crippen LogP contribution in [-0.2, 0) is 19.1 Å². The van der Waals surface area contributed by atoms with E-state index in [9.17, 15) is 9.59 Å². The average Bonchev–Trinajstić information content (AvgIpc) is 2.50. The minimum atomic E-state index is -0.672. The highest BCUT2D eigenvalue weighted by Gasteiger charge is 2.21. The first kappa shape index (κ1) is 17.9. The molecule has 0 aliphatic carbocycles. The summed E-state index contributed by atoms with van der Waals surface area (Å²) in [6.45, 7) is 7.51. The summed E-state index contributed by atoms with van der Waals surface area (Å²) in [5, 5.41) is 0. The van der Waals surface area contributed by atoms with Crippen LogP contribution in [0.4, 0.5) is 0 Å². The van der Waals surface area contributed by atoms with Crippen LogP contribution < -0.4 is 4.74 Å². The van der Waals surface area contributed by atoms with Crippen LogP contribution in [0.3, 0.4) is 0 Å². The van der Waals surface area contributed by atoms with Crippen molar-refractivity contribution in [3.63, 3.8) is 0 Å². The summed E-state index contributed by atoms with van der Waals surface area (Å²) in [5.74, 6) is -0.398. The summed E-state index contributed by atoms with van der Waals surface area (Å²) in [6.07, 6.45) is 0.255. The fourth-order valence-electron chi connectivity index (χ4n) is 1.70. The molecule has 1 aromatic rings. The maximum absolute atomic E-state index is 12.1. The van der Waals surface area contributed by atoms with Gasteiger partial charge in [-0.2, -0.15) is 0 Å². The van der Waals surface area contributed by atoms with Gasteiger partial charge in [0, 0.05) is 12.2 Å². The van der Waals surface area contributed by atoms with Crippen molar-refractivity contribution in [1.82, 2.24) is 0 Å². The topological polar surface area (TPSA) is 61.8 Å². The van der Waals surface area contributed by atoms with Gasteiger partial charge in [-0.05, 0) is 38.8 Å². The highest BCUT2D eigenvalue weighted by molar-refractivity contribution is 5.86. The number of esters is 2. The molecule has 0 saturated carbocycles. The third-order valence-corrected chi connectivity index (χ3v) is 2.78. The quantitative estimate of drug-likeness (QED) is 0.304. The maximum Gasteiger partial charge on any atom is 0.340 e. The predicted molar refractivity (Wildman–Crippen MR) is 82.5 cm³/mol. The molecule has 0 aliphatic rings. The van der Waals surface area contributed by atoms with Crippen LogP contribution in [0, 0.1) is 0 Å². The fraction of sp³-hybridized carbons (Fsp3) is 0.412. The Kier molecular flexibility index (Phi) is 7.92. The van der Waals surface area contributed by atoms with E-state index in [-0.39, 0.29) is 6.61 Å². The van der Waals surface area contributed by atoms with E-state index >= 15 is 0 Å². The van der Waals surface area contributed by atoms with E-state index in [0.717, 1.165) is 0 Å². The standard InChI is InChI=1S/C17H22O5/c1-4-20-15(11-8-12-21-16(18)13(2)3)17(19)22-14-9-6-5-7-10-14/h5-7,9-10,15H,2,4,8,11-12H2,1,3H3. The second-order valence-electron chi connectivity index (χ2n) is 4.74. The van der Waals surface area contributed by atoms with Crippen molar-refractivity contribution in [3.8, 4) is 5.75 Å². The van der Waals surface area contributed by atoms with E-state index in [1.54, 1.807) is 31.2 Å². The lowest BCUT2D eigenvalue weighted by molar-refractivity contribution is -0.148. The second kappa shape index (κ2) is 9.73. The largest absolute Gasteiger partial charge is 0.462 e. The Balaban J connectivity index is 2.42. The molecule has 0 amide bonds. The van der Waals surface area contributed by atoms with Gasteiger partial charge in [0.2, 0.25) is 0 Å². The molecule has 1 atom stereocenters. The molecule has 22 heavy (non-hydrogen) atoms. The minimum absolute atomic E-state index is 0.216. The zero-order chi connectivity index (χ0) is 16.4. The van der Waals surface area contributed by atoms with Gasteiger partial charge < -0.3 is 14.2 Å². The van der Waals surface area contributed by atoms with Crippen LogP contribution in [0.25, 0.3) is 0 Å². The van der Waals surface area contributed by atoms with Crippen molar-refractivity contribution < 1.29 is 23.8 Å². The lowest BCUT2D eigenvalue weighted by Gasteiger charge is -2.15. The van der Waals surface area contributed by atoms with E-state index < -0.39 is 18.0 Å². The fourth-order valence-corrected chi connectivity index (χ4v) is 1.70. The molecule has 0 aliphatic heterocycles. The summed E-state index contributed by atoms with van der Waals surface area (Å²) < 4.78 is 15.6. The van der Waals surface area contributed by atoms with Crippen LogP contribution in [0.2, 0.25) is 0 Å². The molecule has 0 bridgehead atoms. The Morgan fingerprint density at radius 3 is 2.50 bits per heavy atom. The van der Waals surface area contributed by atoms with E-state index in [1.165, 1.54) is 0 Å². The molecular weight excluding hydrogens is 284 g/mol. The van der Waals surface area contributed by atoms with Crippen molar-refractivity contribution >= 4 is 11.9 Å². The molecule has 0 N–H and O–H groups in total. The molecule has 120 valence electrons. The van der Waals surface area contributed by atoms with E-state index in [2.05, 4.69) is 6.58 Å². The molecule has 1 aromatic carbocycles. The molecule has 0 radical (unpaired) electrons. The van der Waals surface area contributed by atoms with Gasteiger partial charge in [-0.15, -0.1) is 0 Å². The molecule has 1 unspecified atom stereocenters. The summed E-state index contributed by atoms with van der Waals surface area (Å²) in [4.78, 5) is 23.3. The summed E-state index contributed by atoms with van der Waals surface area (Å²) in [7, 11) is 0. The van der Waals surface area contributed by atoms with Crippen molar-refractivity contribution in [2.45, 2.75) is 32.8 Å². The number of benzene rings is 1. The van der Waals surface area contributed by atoms with Gasteiger partial charge in [-0.3, -0.25) is 0 Å². The number of rotatable bonds is 9. The molecule has 5 heteroatoms. The zero-order valence-electron chi connectivity index (χ0n) is 13.0. The second-order valence-corrected chi connectivity index (χ2v) is 4.74. The Labute approximate surface area is 130 Å². The highest BCUT2D eigenvalue weighted by atomic mass is 16.6. The van der Waals surface area contributed by atoms with E-state index in [1.807, 2.05) is 13.0 Å². The normalized spacial score (nSPS) is 11.5. The van der Waals surface area contributed by atoms with Crippen LogP contribution >= 0.6 is 0 Å².